The van der Waals surface area contributed by atoms with Gasteiger partial charge in [0.15, 0.2) is 4.67 Å². The highest BCUT2D eigenvalue weighted by molar-refractivity contribution is 9.10. The Bertz CT molecular complexity index is 426. The number of hydrogen-bond acceptors (Lipinski definition) is 3. The van der Waals surface area contributed by atoms with E-state index in [1.807, 2.05) is 12.1 Å². The number of aliphatic hydroxyl groups is 1. The zero-order valence-electron chi connectivity index (χ0n) is 12.2. The minimum atomic E-state index is -0.265. The van der Waals surface area contributed by atoms with Crippen molar-refractivity contribution in [3.05, 3.63) is 22.6 Å². The van der Waals surface area contributed by atoms with E-state index < -0.39 is 0 Å². The largest absolute Gasteiger partial charge is 0.454 e. The van der Waals surface area contributed by atoms with Crippen molar-refractivity contribution in [2.24, 2.45) is 5.41 Å². The molecule has 0 fully saturated rings. The number of rotatable bonds is 6. The number of amides is 2. The Hall–Kier alpha value is -1.01. The van der Waals surface area contributed by atoms with Crippen LogP contribution in [0.15, 0.2) is 21.2 Å². The molecule has 0 bridgehead atoms. The van der Waals surface area contributed by atoms with Gasteiger partial charge in [-0.1, -0.05) is 20.8 Å². The zero-order valence-corrected chi connectivity index (χ0v) is 13.8. The molecule has 114 valence electrons. The molecule has 3 N–H and O–H groups in total. The van der Waals surface area contributed by atoms with Gasteiger partial charge in [0.05, 0.1) is 12.6 Å². The molecular formula is C14H23BrN2O3. The van der Waals surface area contributed by atoms with Gasteiger partial charge in [0.25, 0.3) is 0 Å². The molecule has 1 atom stereocenters. The van der Waals surface area contributed by atoms with Crippen LogP contribution in [0.1, 0.15) is 33.0 Å². The normalized spacial score (nSPS) is 13.1. The third kappa shape index (κ3) is 6.96. The second-order valence-electron chi connectivity index (χ2n) is 6.00. The number of halogens is 1. The van der Waals surface area contributed by atoms with Gasteiger partial charge >= 0.3 is 6.03 Å². The average molecular weight is 347 g/mol. The highest BCUT2D eigenvalue weighted by atomic mass is 79.9. The molecule has 1 rings (SSSR count). The fourth-order valence-electron chi connectivity index (χ4n) is 1.92. The first kappa shape index (κ1) is 17.0. The van der Waals surface area contributed by atoms with E-state index in [4.69, 9.17) is 4.42 Å². The van der Waals surface area contributed by atoms with Crippen LogP contribution < -0.4 is 10.6 Å². The summed E-state index contributed by atoms with van der Waals surface area (Å²) in [6.45, 7) is 6.65. The van der Waals surface area contributed by atoms with E-state index in [1.54, 1.807) is 0 Å². The maximum atomic E-state index is 11.7. The van der Waals surface area contributed by atoms with Crippen molar-refractivity contribution in [2.75, 3.05) is 13.2 Å². The summed E-state index contributed by atoms with van der Waals surface area (Å²) in [6, 6.07) is 3.19. The van der Waals surface area contributed by atoms with E-state index in [9.17, 15) is 9.90 Å². The summed E-state index contributed by atoms with van der Waals surface area (Å²) < 4.78 is 6.02. The Balaban J connectivity index is 2.28. The maximum absolute atomic E-state index is 11.7. The highest BCUT2D eigenvalue weighted by Crippen LogP contribution is 2.20. The molecule has 1 aromatic rings. The molecule has 1 aromatic heterocycles. The molecule has 5 nitrogen and oxygen atoms in total. The third-order valence-corrected chi connectivity index (χ3v) is 3.13. The predicted molar refractivity (Wildman–Crippen MR) is 81.6 cm³/mol. The summed E-state index contributed by atoms with van der Waals surface area (Å²) in [6.07, 6.45) is 1.35. The quantitative estimate of drug-likeness (QED) is 0.741. The summed E-state index contributed by atoms with van der Waals surface area (Å²) in [4.78, 5) is 11.7. The molecule has 6 heteroatoms. The third-order valence-electron chi connectivity index (χ3n) is 2.70. The smallest absolute Gasteiger partial charge is 0.315 e. The Labute approximate surface area is 128 Å². The standard InChI is InChI=1S/C14H23BrN2O3/c1-14(2,3)8-10(9-18)17-13(19)16-7-6-11-4-5-12(15)20-11/h4-5,10,18H,6-9H2,1-3H3,(H2,16,17,19). The van der Waals surface area contributed by atoms with Crippen molar-refractivity contribution in [1.29, 1.82) is 0 Å². The highest BCUT2D eigenvalue weighted by Gasteiger charge is 2.19. The van der Waals surface area contributed by atoms with E-state index in [1.165, 1.54) is 0 Å². The Morgan fingerprint density at radius 2 is 2.15 bits per heavy atom. The molecule has 0 spiro atoms. The van der Waals surface area contributed by atoms with E-state index >= 15 is 0 Å². The first-order chi connectivity index (χ1) is 9.30. The summed E-state index contributed by atoms with van der Waals surface area (Å²) in [5, 5.41) is 14.8. The average Bonchev–Trinajstić information content (AvgIpc) is 2.72. The van der Waals surface area contributed by atoms with Crippen LogP contribution in [-0.2, 0) is 6.42 Å². The van der Waals surface area contributed by atoms with Gasteiger partial charge in [0.2, 0.25) is 0 Å². The van der Waals surface area contributed by atoms with Crippen molar-refractivity contribution in [3.8, 4) is 0 Å². The second-order valence-corrected chi connectivity index (χ2v) is 6.78. The lowest BCUT2D eigenvalue weighted by Gasteiger charge is -2.25. The molecule has 0 saturated carbocycles. The molecule has 20 heavy (non-hydrogen) atoms. The lowest BCUT2D eigenvalue weighted by Crippen LogP contribution is -2.45. The first-order valence-electron chi connectivity index (χ1n) is 6.69. The van der Waals surface area contributed by atoms with E-state index in [-0.39, 0.29) is 24.1 Å². The van der Waals surface area contributed by atoms with E-state index in [0.29, 0.717) is 17.6 Å². The molecule has 0 aliphatic heterocycles. The number of hydrogen-bond donors (Lipinski definition) is 3. The molecule has 0 aliphatic rings. The van der Waals surface area contributed by atoms with Crippen LogP contribution in [0.2, 0.25) is 0 Å². The van der Waals surface area contributed by atoms with Crippen molar-refractivity contribution < 1.29 is 14.3 Å². The first-order valence-corrected chi connectivity index (χ1v) is 7.49. The van der Waals surface area contributed by atoms with Crippen molar-refractivity contribution >= 4 is 22.0 Å². The molecule has 0 radical (unpaired) electrons. The Kier molecular flexibility index (Phi) is 6.55. The number of furan rings is 1. The lowest BCUT2D eigenvalue weighted by atomic mass is 9.88. The van der Waals surface area contributed by atoms with E-state index in [0.717, 1.165) is 12.2 Å². The van der Waals surface area contributed by atoms with Crippen molar-refractivity contribution in [3.63, 3.8) is 0 Å². The number of nitrogens with one attached hydrogen (secondary N) is 2. The second kappa shape index (κ2) is 7.69. The molecule has 1 unspecified atom stereocenters. The summed E-state index contributed by atoms with van der Waals surface area (Å²) in [5.41, 5.74) is 0.0567. The zero-order chi connectivity index (χ0) is 15.2. The van der Waals surface area contributed by atoms with Crippen LogP contribution in [-0.4, -0.2) is 30.3 Å². The summed E-state index contributed by atoms with van der Waals surface area (Å²) in [7, 11) is 0. The van der Waals surface area contributed by atoms with Gasteiger partial charge in [-0.25, -0.2) is 4.79 Å². The van der Waals surface area contributed by atoms with E-state index in [2.05, 4.69) is 47.3 Å². The van der Waals surface area contributed by atoms with Gasteiger partial charge in [0.1, 0.15) is 5.76 Å². The van der Waals surface area contributed by atoms with Crippen LogP contribution in [0.5, 0.6) is 0 Å². The molecule has 2 amide bonds. The maximum Gasteiger partial charge on any atom is 0.315 e. The topological polar surface area (TPSA) is 74.5 Å². The van der Waals surface area contributed by atoms with Gasteiger partial charge in [0, 0.05) is 13.0 Å². The molecule has 1 heterocycles. The van der Waals surface area contributed by atoms with Gasteiger partial charge < -0.3 is 20.2 Å². The minimum Gasteiger partial charge on any atom is -0.454 e. The molecule has 0 aliphatic carbocycles. The summed E-state index contributed by atoms with van der Waals surface area (Å²) >= 11 is 3.23. The van der Waals surface area contributed by atoms with Crippen LogP contribution >= 0.6 is 15.9 Å². The lowest BCUT2D eigenvalue weighted by molar-refractivity contribution is 0.191. The number of carbonyl (C=O) groups is 1. The molecule has 0 aromatic carbocycles. The van der Waals surface area contributed by atoms with Crippen molar-refractivity contribution in [2.45, 2.75) is 39.7 Å². The predicted octanol–water partition coefficient (Wildman–Crippen LogP) is 2.68. The number of aliphatic hydroxyl groups excluding tert-OH is 1. The minimum absolute atomic E-state index is 0.0567. The van der Waals surface area contributed by atoms with Gasteiger partial charge in [-0.2, -0.15) is 0 Å². The van der Waals surface area contributed by atoms with Gasteiger partial charge in [-0.3, -0.25) is 0 Å². The monoisotopic (exact) mass is 346 g/mol. The molecule has 0 saturated heterocycles. The van der Waals surface area contributed by atoms with Crippen LogP contribution in [0.3, 0.4) is 0 Å². The molecular weight excluding hydrogens is 324 g/mol. The summed E-state index contributed by atoms with van der Waals surface area (Å²) in [5.74, 6) is 0.811. The Morgan fingerprint density at radius 3 is 2.65 bits per heavy atom. The van der Waals surface area contributed by atoms with Crippen LogP contribution in [0.4, 0.5) is 4.79 Å². The SMILES string of the molecule is CC(C)(C)CC(CO)NC(=O)NCCc1ccc(Br)o1. The fourth-order valence-corrected chi connectivity index (χ4v) is 2.26. The van der Waals surface area contributed by atoms with Gasteiger partial charge in [-0.05, 0) is 39.9 Å². The van der Waals surface area contributed by atoms with Crippen LogP contribution in [0, 0.1) is 5.41 Å². The Morgan fingerprint density at radius 1 is 1.45 bits per heavy atom. The number of carbonyl (C=O) groups excluding carboxylic acids is 1. The van der Waals surface area contributed by atoms with Crippen molar-refractivity contribution in [1.82, 2.24) is 10.6 Å². The fraction of sp³-hybridized carbons (Fsp3) is 0.643. The number of urea groups is 1. The van der Waals surface area contributed by atoms with Crippen LogP contribution in [0.25, 0.3) is 0 Å². The van der Waals surface area contributed by atoms with Gasteiger partial charge in [-0.15, -0.1) is 0 Å².